The predicted octanol–water partition coefficient (Wildman–Crippen LogP) is 5.13. The SMILES string of the molecule is CCC(C(=O)Nc1cc(Cl)ccc1C)n1cnc2sc3c(c2c1=O)CCC(C)C3. The van der Waals surface area contributed by atoms with Crippen molar-refractivity contribution in [3.8, 4) is 0 Å². The van der Waals surface area contributed by atoms with E-state index in [1.165, 1.54) is 15.8 Å². The quantitative estimate of drug-likeness (QED) is 0.624. The van der Waals surface area contributed by atoms with Crippen molar-refractivity contribution in [1.29, 1.82) is 0 Å². The summed E-state index contributed by atoms with van der Waals surface area (Å²) in [5.74, 6) is 0.395. The lowest BCUT2D eigenvalue weighted by Gasteiger charge is -2.19. The number of fused-ring (bicyclic) bond motifs is 3. The number of anilines is 1. The van der Waals surface area contributed by atoms with Crippen molar-refractivity contribution in [2.24, 2.45) is 5.92 Å². The second kappa shape index (κ2) is 7.92. The first-order chi connectivity index (χ1) is 13.9. The number of carbonyl (C=O) groups excluding carboxylic acids is 1. The summed E-state index contributed by atoms with van der Waals surface area (Å²) in [6.07, 6.45) is 5.00. The molecule has 0 saturated heterocycles. The van der Waals surface area contributed by atoms with E-state index in [-0.39, 0.29) is 11.5 Å². The first kappa shape index (κ1) is 20.1. The van der Waals surface area contributed by atoms with E-state index < -0.39 is 6.04 Å². The Morgan fingerprint density at radius 1 is 1.45 bits per heavy atom. The van der Waals surface area contributed by atoms with Crippen LogP contribution in [0.25, 0.3) is 10.2 Å². The average Bonchev–Trinajstić information content (AvgIpc) is 3.05. The van der Waals surface area contributed by atoms with Crippen molar-refractivity contribution in [3.05, 3.63) is 55.9 Å². The summed E-state index contributed by atoms with van der Waals surface area (Å²) in [5, 5.41) is 4.18. The molecule has 29 heavy (non-hydrogen) atoms. The smallest absolute Gasteiger partial charge is 0.263 e. The highest BCUT2D eigenvalue weighted by atomic mass is 35.5. The number of aromatic nitrogens is 2. The Bertz CT molecular complexity index is 1150. The molecule has 5 nitrogen and oxygen atoms in total. The van der Waals surface area contributed by atoms with Crippen LogP contribution in [0.2, 0.25) is 5.02 Å². The third-order valence-electron chi connectivity index (χ3n) is 5.72. The molecule has 1 aromatic carbocycles. The molecule has 0 bridgehead atoms. The molecule has 7 heteroatoms. The van der Waals surface area contributed by atoms with Crippen LogP contribution in [0, 0.1) is 12.8 Å². The van der Waals surface area contributed by atoms with Crippen LogP contribution in [0.5, 0.6) is 0 Å². The fraction of sp³-hybridized carbons (Fsp3) is 0.409. The fourth-order valence-electron chi connectivity index (χ4n) is 4.02. The highest BCUT2D eigenvalue weighted by molar-refractivity contribution is 7.18. The molecule has 2 unspecified atom stereocenters. The average molecular weight is 430 g/mol. The Balaban J connectivity index is 1.72. The second-order valence-electron chi connectivity index (χ2n) is 7.86. The largest absolute Gasteiger partial charge is 0.324 e. The summed E-state index contributed by atoms with van der Waals surface area (Å²) in [6, 6.07) is 4.74. The molecule has 0 fully saturated rings. The fourth-order valence-corrected chi connectivity index (χ4v) is 5.53. The van der Waals surface area contributed by atoms with Crippen LogP contribution in [0.4, 0.5) is 5.69 Å². The number of nitrogens with one attached hydrogen (secondary N) is 1. The molecular weight excluding hydrogens is 406 g/mol. The van der Waals surface area contributed by atoms with Crippen molar-refractivity contribution >= 4 is 44.7 Å². The van der Waals surface area contributed by atoms with Crippen LogP contribution < -0.4 is 10.9 Å². The summed E-state index contributed by atoms with van der Waals surface area (Å²) in [6.45, 7) is 6.05. The predicted molar refractivity (Wildman–Crippen MR) is 119 cm³/mol. The molecule has 2 atom stereocenters. The summed E-state index contributed by atoms with van der Waals surface area (Å²) in [5.41, 5.74) is 2.59. The van der Waals surface area contributed by atoms with E-state index in [4.69, 9.17) is 11.6 Å². The van der Waals surface area contributed by atoms with Crippen LogP contribution in [0.3, 0.4) is 0 Å². The molecule has 4 rings (SSSR count). The maximum absolute atomic E-state index is 13.3. The molecule has 2 heterocycles. The van der Waals surface area contributed by atoms with Gasteiger partial charge in [0, 0.05) is 15.6 Å². The summed E-state index contributed by atoms with van der Waals surface area (Å²) in [7, 11) is 0. The van der Waals surface area contributed by atoms with Gasteiger partial charge in [-0.1, -0.05) is 31.5 Å². The zero-order valence-electron chi connectivity index (χ0n) is 16.8. The topological polar surface area (TPSA) is 64.0 Å². The maximum Gasteiger partial charge on any atom is 0.263 e. The highest BCUT2D eigenvalue weighted by Gasteiger charge is 2.26. The molecule has 0 spiro atoms. The molecule has 2 aromatic heterocycles. The van der Waals surface area contributed by atoms with E-state index >= 15 is 0 Å². The third kappa shape index (κ3) is 3.71. The minimum atomic E-state index is -0.629. The lowest BCUT2D eigenvalue weighted by molar-refractivity contribution is -0.119. The van der Waals surface area contributed by atoms with Gasteiger partial charge in [0.25, 0.3) is 5.56 Å². The lowest BCUT2D eigenvalue weighted by atomic mass is 9.89. The van der Waals surface area contributed by atoms with E-state index in [2.05, 4.69) is 17.2 Å². The standard InChI is InChI=1S/C22H24ClN3O2S/c1-4-17(20(27)25-16-10-14(23)7-6-13(16)3)26-11-24-21-19(22(26)28)15-8-5-12(2)9-18(15)29-21/h6-7,10-12,17H,4-5,8-9H2,1-3H3,(H,25,27). The third-order valence-corrected chi connectivity index (χ3v) is 7.12. The van der Waals surface area contributed by atoms with Gasteiger partial charge >= 0.3 is 0 Å². The maximum atomic E-state index is 13.3. The van der Waals surface area contributed by atoms with E-state index in [1.807, 2.05) is 19.9 Å². The summed E-state index contributed by atoms with van der Waals surface area (Å²) < 4.78 is 1.49. The number of hydrogen-bond acceptors (Lipinski definition) is 4. The summed E-state index contributed by atoms with van der Waals surface area (Å²) in [4.78, 5) is 33.0. The number of thiophene rings is 1. The van der Waals surface area contributed by atoms with E-state index in [0.29, 0.717) is 28.4 Å². The van der Waals surface area contributed by atoms with Crippen LogP contribution >= 0.6 is 22.9 Å². The molecule has 1 N–H and O–H groups in total. The molecule has 0 saturated carbocycles. The number of aryl methyl sites for hydroxylation is 2. The number of amides is 1. The zero-order valence-corrected chi connectivity index (χ0v) is 18.4. The molecule has 152 valence electrons. The Morgan fingerprint density at radius 2 is 2.24 bits per heavy atom. The minimum absolute atomic E-state index is 0.119. The second-order valence-corrected chi connectivity index (χ2v) is 9.38. The van der Waals surface area contributed by atoms with Crippen molar-refractivity contribution in [3.63, 3.8) is 0 Å². The van der Waals surface area contributed by atoms with E-state index in [9.17, 15) is 9.59 Å². The number of halogens is 1. The molecule has 3 aromatic rings. The van der Waals surface area contributed by atoms with Crippen molar-refractivity contribution in [2.45, 2.75) is 52.5 Å². The van der Waals surface area contributed by atoms with Gasteiger partial charge in [-0.2, -0.15) is 0 Å². The van der Waals surface area contributed by atoms with Gasteiger partial charge in [-0.25, -0.2) is 4.98 Å². The van der Waals surface area contributed by atoms with Crippen LogP contribution in [0.15, 0.2) is 29.3 Å². The van der Waals surface area contributed by atoms with Gasteiger partial charge in [0.2, 0.25) is 5.91 Å². The van der Waals surface area contributed by atoms with E-state index in [0.717, 1.165) is 35.2 Å². The number of nitrogens with zero attached hydrogens (tertiary/aromatic N) is 2. The van der Waals surface area contributed by atoms with Crippen molar-refractivity contribution in [1.82, 2.24) is 9.55 Å². The van der Waals surface area contributed by atoms with Gasteiger partial charge in [0.15, 0.2) is 0 Å². The monoisotopic (exact) mass is 429 g/mol. The van der Waals surface area contributed by atoms with Gasteiger partial charge < -0.3 is 5.32 Å². The first-order valence-corrected chi connectivity index (χ1v) is 11.2. The summed E-state index contributed by atoms with van der Waals surface area (Å²) >= 11 is 7.69. The molecule has 0 radical (unpaired) electrons. The first-order valence-electron chi connectivity index (χ1n) is 9.97. The van der Waals surface area contributed by atoms with Gasteiger partial charge in [-0.15, -0.1) is 11.3 Å². The Hall–Kier alpha value is -2.18. The Kier molecular flexibility index (Phi) is 5.49. The lowest BCUT2D eigenvalue weighted by Crippen LogP contribution is -2.33. The van der Waals surface area contributed by atoms with Crippen LogP contribution in [-0.4, -0.2) is 15.5 Å². The minimum Gasteiger partial charge on any atom is -0.324 e. The molecular formula is C22H24ClN3O2S. The zero-order chi connectivity index (χ0) is 20.7. The van der Waals surface area contributed by atoms with E-state index in [1.54, 1.807) is 23.5 Å². The van der Waals surface area contributed by atoms with Gasteiger partial charge in [-0.05, 0) is 61.8 Å². The van der Waals surface area contributed by atoms with Crippen molar-refractivity contribution < 1.29 is 4.79 Å². The number of rotatable bonds is 4. The van der Waals surface area contributed by atoms with Gasteiger partial charge in [0.1, 0.15) is 10.9 Å². The Labute approximate surface area is 178 Å². The number of carbonyl (C=O) groups is 1. The number of benzene rings is 1. The van der Waals surface area contributed by atoms with Crippen LogP contribution in [-0.2, 0) is 17.6 Å². The normalized spacial score (nSPS) is 17.2. The molecule has 1 aliphatic rings. The van der Waals surface area contributed by atoms with Gasteiger partial charge in [-0.3, -0.25) is 14.2 Å². The highest BCUT2D eigenvalue weighted by Crippen LogP contribution is 2.35. The van der Waals surface area contributed by atoms with Crippen LogP contribution in [0.1, 0.15) is 48.7 Å². The number of hydrogen-bond donors (Lipinski definition) is 1. The van der Waals surface area contributed by atoms with Gasteiger partial charge in [0.05, 0.1) is 11.7 Å². The van der Waals surface area contributed by atoms with Crippen molar-refractivity contribution in [2.75, 3.05) is 5.32 Å². The Morgan fingerprint density at radius 3 is 3.00 bits per heavy atom. The molecule has 0 aliphatic heterocycles. The molecule has 1 amide bonds. The molecule has 1 aliphatic carbocycles.